The minimum atomic E-state index is -1.23. The third-order valence-corrected chi connectivity index (χ3v) is 13.0. The second-order valence-corrected chi connectivity index (χ2v) is 16.6. The van der Waals surface area contributed by atoms with Crippen molar-refractivity contribution in [2.45, 2.75) is 94.4 Å². The van der Waals surface area contributed by atoms with Crippen molar-refractivity contribution in [3.05, 3.63) is 42.0 Å². The van der Waals surface area contributed by atoms with Gasteiger partial charge in [0, 0.05) is 35.0 Å². The molecule has 2 saturated carbocycles. The highest BCUT2D eigenvalue weighted by Gasteiger charge is 2.52. The summed E-state index contributed by atoms with van der Waals surface area (Å²) in [6.45, 7) is 4.96. The Morgan fingerprint density at radius 2 is 1.78 bits per heavy atom. The highest BCUT2D eigenvalue weighted by Crippen LogP contribution is 2.51. The molecule has 2 aromatic heterocycles. The van der Waals surface area contributed by atoms with Gasteiger partial charge in [-0.1, -0.05) is 18.6 Å². The molecule has 13 heteroatoms. The zero-order chi connectivity index (χ0) is 37.2. The van der Waals surface area contributed by atoms with Gasteiger partial charge in [-0.15, -0.1) is 0 Å². The topological polar surface area (TPSA) is 123 Å². The van der Waals surface area contributed by atoms with Crippen molar-refractivity contribution in [3.63, 3.8) is 0 Å². The maximum absolute atomic E-state index is 17.2. The Kier molecular flexibility index (Phi) is 9.06. The molecule has 3 atom stereocenters. The Bertz CT molecular complexity index is 2070. The van der Waals surface area contributed by atoms with Crippen molar-refractivity contribution in [2.24, 2.45) is 5.41 Å². The number of phenols is 1. The highest BCUT2D eigenvalue weighted by atomic mass is 19.1. The molecule has 5 fully saturated rings. The minimum absolute atomic E-state index is 0.00578. The van der Waals surface area contributed by atoms with Gasteiger partial charge >= 0.3 is 6.01 Å². The summed E-state index contributed by atoms with van der Waals surface area (Å²) in [5.74, 6) is -1.28. The van der Waals surface area contributed by atoms with Gasteiger partial charge in [-0.3, -0.25) is 4.90 Å². The predicted molar refractivity (Wildman–Crippen MR) is 199 cm³/mol. The van der Waals surface area contributed by atoms with Crippen LogP contribution in [0.1, 0.15) is 71.1 Å². The Balaban J connectivity index is 1.12. The Morgan fingerprint density at radius 3 is 2.56 bits per heavy atom. The third kappa shape index (κ3) is 6.21. The van der Waals surface area contributed by atoms with Crippen LogP contribution in [0.4, 0.5) is 14.6 Å². The van der Waals surface area contributed by atoms with Crippen LogP contribution in [0.3, 0.4) is 0 Å². The summed E-state index contributed by atoms with van der Waals surface area (Å²) < 4.78 is 56.8. The van der Waals surface area contributed by atoms with Gasteiger partial charge in [0.2, 0.25) is 5.88 Å². The van der Waals surface area contributed by atoms with E-state index >= 15 is 8.78 Å². The van der Waals surface area contributed by atoms with Crippen LogP contribution in [-0.2, 0) is 9.47 Å². The van der Waals surface area contributed by atoms with Crippen molar-refractivity contribution in [3.8, 4) is 28.9 Å². The zero-order valence-electron chi connectivity index (χ0n) is 31.1. The maximum atomic E-state index is 17.2. The van der Waals surface area contributed by atoms with E-state index in [0.717, 1.165) is 70.9 Å². The number of pyridine rings is 1. The van der Waals surface area contributed by atoms with E-state index in [1.807, 2.05) is 4.90 Å². The number of hydrogen-bond acceptors (Lipinski definition) is 11. The molecule has 11 nitrogen and oxygen atoms in total. The number of β-amino-alcohol motifs (C(OH)–C–C–N with tert-alkyl or cyclic N) is 1. The number of nitrogens with zero attached hydrogens (tertiary/aromatic N) is 5. The molecule has 5 heterocycles. The normalized spacial score (nSPS) is 30.4. The van der Waals surface area contributed by atoms with E-state index < -0.39 is 17.2 Å². The van der Waals surface area contributed by atoms with Crippen molar-refractivity contribution in [2.75, 3.05) is 58.1 Å². The van der Waals surface area contributed by atoms with E-state index in [4.69, 9.17) is 28.9 Å². The summed E-state index contributed by atoms with van der Waals surface area (Å²) >= 11 is 0. The van der Waals surface area contributed by atoms with Gasteiger partial charge < -0.3 is 34.1 Å². The van der Waals surface area contributed by atoms with E-state index in [1.165, 1.54) is 37.8 Å². The smallest absolute Gasteiger partial charge is 0.319 e. The first-order valence-electron chi connectivity index (χ1n) is 19.5. The van der Waals surface area contributed by atoms with Crippen molar-refractivity contribution in [1.29, 1.82) is 0 Å². The molecule has 9 rings (SSSR count). The quantitative estimate of drug-likeness (QED) is 0.215. The number of benzene rings is 2. The number of hydrogen-bond donors (Lipinski definition) is 2. The molecule has 2 aliphatic carbocycles. The summed E-state index contributed by atoms with van der Waals surface area (Å²) in [5, 5.41) is 22.5. The molecule has 0 unspecified atom stereocenters. The number of likely N-dealkylation sites (tertiary alicyclic amines) is 1. The molecule has 1 spiro atoms. The van der Waals surface area contributed by atoms with Gasteiger partial charge in [-0.2, -0.15) is 9.97 Å². The number of fused-ring (bicyclic) bond motifs is 3. The molecule has 3 aliphatic heterocycles. The van der Waals surface area contributed by atoms with Crippen LogP contribution < -0.4 is 14.4 Å². The lowest BCUT2D eigenvalue weighted by Gasteiger charge is -2.53. The van der Waals surface area contributed by atoms with Crippen LogP contribution in [0.25, 0.3) is 32.9 Å². The molecule has 2 aromatic carbocycles. The highest BCUT2D eigenvalue weighted by molar-refractivity contribution is 6.02. The van der Waals surface area contributed by atoms with Gasteiger partial charge in [-0.05, 0) is 94.8 Å². The van der Waals surface area contributed by atoms with E-state index in [9.17, 15) is 10.2 Å². The van der Waals surface area contributed by atoms with E-state index in [1.54, 1.807) is 13.0 Å². The Hall–Kier alpha value is -3.91. The van der Waals surface area contributed by atoms with Gasteiger partial charge in [-0.25, -0.2) is 13.8 Å². The summed E-state index contributed by atoms with van der Waals surface area (Å²) in [4.78, 5) is 18.8. The first-order valence-corrected chi connectivity index (χ1v) is 19.5. The lowest BCUT2D eigenvalue weighted by atomic mass is 9.72. The lowest BCUT2D eigenvalue weighted by Crippen LogP contribution is -2.58. The number of anilines is 1. The standard InChI is InChI=1S/C41H49F2N5O6/c1-39(50)22-47(17-19-52-23-39)36-32-35(33(43)34(44-37(32)51-2)28-21-27(49)20-25-6-3-7-29(42)31(25)28)45-38(46-36)53-24-40-11-4-8-30(40)48(16-5-12-40)26-9-13-41(14-10-26)15-18-54-41/h3,6-7,20-21,26,30,49-50H,4-5,8-19,22-24H2,1-2H3/t26?,30-,39+,40-,41?/m1/s1. The molecular formula is C41H49F2N5O6. The molecular weight excluding hydrogens is 696 g/mol. The van der Waals surface area contributed by atoms with Crippen molar-refractivity contribution < 1.29 is 37.9 Å². The number of methoxy groups -OCH3 is 1. The number of halogens is 2. The second kappa shape index (κ2) is 13.7. The number of rotatable bonds is 7. The molecule has 54 heavy (non-hydrogen) atoms. The number of piperidine rings is 1. The van der Waals surface area contributed by atoms with Gasteiger partial charge in [0.25, 0.3) is 0 Å². The van der Waals surface area contributed by atoms with E-state index in [2.05, 4.69) is 9.88 Å². The largest absolute Gasteiger partial charge is 0.508 e. The molecule has 288 valence electrons. The van der Waals surface area contributed by atoms with Crippen LogP contribution in [0.5, 0.6) is 17.6 Å². The minimum Gasteiger partial charge on any atom is -0.508 e. The van der Waals surface area contributed by atoms with Crippen LogP contribution in [0, 0.1) is 17.0 Å². The number of aromatic hydroxyl groups is 1. The lowest BCUT2D eigenvalue weighted by molar-refractivity contribution is -0.175. The first-order chi connectivity index (χ1) is 26.1. The first kappa shape index (κ1) is 35.8. The van der Waals surface area contributed by atoms with Gasteiger partial charge in [0.1, 0.15) is 39.6 Å². The summed E-state index contributed by atoms with van der Waals surface area (Å²) in [7, 11) is 1.42. The fraction of sp³-hybridized carbons (Fsp3) is 0.585. The number of phenolic OH excluding ortho intramolecular Hbond substituents is 1. The van der Waals surface area contributed by atoms with Crippen LogP contribution in [0.15, 0.2) is 30.3 Å². The van der Waals surface area contributed by atoms with Crippen molar-refractivity contribution in [1.82, 2.24) is 19.9 Å². The third-order valence-electron chi connectivity index (χ3n) is 13.0. The second-order valence-electron chi connectivity index (χ2n) is 16.6. The van der Waals surface area contributed by atoms with Crippen LogP contribution >= 0.6 is 0 Å². The summed E-state index contributed by atoms with van der Waals surface area (Å²) in [6, 6.07) is 8.11. The fourth-order valence-corrected chi connectivity index (χ4v) is 10.3. The number of aromatic nitrogens is 3. The molecule has 0 radical (unpaired) electrons. The van der Waals surface area contributed by atoms with Gasteiger partial charge in [0.15, 0.2) is 5.82 Å². The van der Waals surface area contributed by atoms with Crippen LogP contribution in [0.2, 0.25) is 0 Å². The number of ether oxygens (including phenoxy) is 4. The molecule has 5 aliphatic rings. The van der Waals surface area contributed by atoms with Gasteiger partial charge in [0.05, 0.1) is 45.7 Å². The molecule has 0 bridgehead atoms. The van der Waals surface area contributed by atoms with Crippen molar-refractivity contribution >= 4 is 27.5 Å². The van der Waals surface area contributed by atoms with E-state index in [0.29, 0.717) is 43.0 Å². The molecule has 0 amide bonds. The monoisotopic (exact) mass is 745 g/mol. The maximum Gasteiger partial charge on any atom is 0.319 e. The average Bonchev–Trinajstić information content (AvgIpc) is 3.50. The zero-order valence-corrected chi connectivity index (χ0v) is 31.1. The average molecular weight is 746 g/mol. The number of aliphatic hydroxyl groups is 1. The molecule has 3 saturated heterocycles. The summed E-state index contributed by atoms with van der Waals surface area (Å²) in [5.41, 5.74) is -1.48. The Morgan fingerprint density at radius 1 is 0.963 bits per heavy atom. The van der Waals surface area contributed by atoms with Crippen LogP contribution in [-0.4, -0.2) is 107 Å². The molecule has 4 aromatic rings. The predicted octanol–water partition coefficient (Wildman–Crippen LogP) is 6.54. The SMILES string of the molecule is COc1nc(-c2cc(O)cc3cccc(F)c23)c(F)c2nc(OC[C@]34CCC[C@H]3N(C3CCC5(CCO5)CC3)CCC4)nc(N3CCOC[C@@](C)(O)C3)c12. The Labute approximate surface area is 313 Å². The van der Waals surface area contributed by atoms with E-state index in [-0.39, 0.29) is 69.4 Å². The fourth-order valence-electron chi connectivity index (χ4n) is 10.3. The summed E-state index contributed by atoms with van der Waals surface area (Å²) in [6.07, 6.45) is 11.1. The molecule has 2 N–H and O–H groups in total.